The Hall–Kier alpha value is -2.25. The van der Waals surface area contributed by atoms with Crippen LogP contribution in [0, 0.1) is 0 Å². The second kappa shape index (κ2) is 4.94. The molecular formula is C13H7F6NO. The first-order valence-electron chi connectivity index (χ1n) is 5.56. The second-order valence-corrected chi connectivity index (χ2v) is 4.20. The lowest BCUT2D eigenvalue weighted by molar-refractivity contribution is -0.139. The first-order valence-corrected chi connectivity index (χ1v) is 5.56. The summed E-state index contributed by atoms with van der Waals surface area (Å²) in [6, 6.07) is 4.41. The van der Waals surface area contributed by atoms with Crippen LogP contribution in [0.25, 0.3) is 11.3 Å². The van der Waals surface area contributed by atoms with E-state index in [0.717, 1.165) is 24.3 Å². The standard InChI is InChI=1S/C13H7F6NO/c14-12(15,16)8-3-1-7(2-4-8)10-5-11(21)9(6-20-10)13(17,18)19/h1-6H,(H,20,21). The van der Waals surface area contributed by atoms with Crippen LogP contribution in [-0.2, 0) is 12.4 Å². The Kier molecular flexibility index (Phi) is 3.56. The molecule has 1 N–H and O–H groups in total. The Morgan fingerprint density at radius 2 is 1.43 bits per heavy atom. The van der Waals surface area contributed by atoms with Gasteiger partial charge in [0.1, 0.15) is 5.56 Å². The van der Waals surface area contributed by atoms with Crippen LogP contribution in [0.15, 0.2) is 41.3 Å². The van der Waals surface area contributed by atoms with Crippen LogP contribution in [-0.4, -0.2) is 4.98 Å². The van der Waals surface area contributed by atoms with Gasteiger partial charge in [0.2, 0.25) is 0 Å². The van der Waals surface area contributed by atoms with Crippen LogP contribution in [0.1, 0.15) is 11.1 Å². The molecule has 1 heterocycles. The van der Waals surface area contributed by atoms with E-state index in [1.165, 1.54) is 0 Å². The van der Waals surface area contributed by atoms with Crippen molar-refractivity contribution in [1.82, 2.24) is 4.98 Å². The summed E-state index contributed by atoms with van der Waals surface area (Å²) in [7, 11) is 0. The van der Waals surface area contributed by atoms with Crippen LogP contribution < -0.4 is 5.43 Å². The predicted molar refractivity (Wildman–Crippen MR) is 62.5 cm³/mol. The lowest BCUT2D eigenvalue weighted by Crippen LogP contribution is -2.19. The lowest BCUT2D eigenvalue weighted by atomic mass is 10.1. The summed E-state index contributed by atoms with van der Waals surface area (Å²) in [6.07, 6.45) is -8.80. The molecule has 8 heteroatoms. The molecule has 0 aliphatic heterocycles. The normalized spacial score (nSPS) is 12.5. The molecule has 1 aromatic heterocycles. The fraction of sp³-hybridized carbons (Fsp3) is 0.154. The summed E-state index contributed by atoms with van der Waals surface area (Å²) in [5.41, 5.74) is -3.33. The number of aromatic nitrogens is 1. The molecule has 0 atom stereocenters. The first kappa shape index (κ1) is 15.1. The fourth-order valence-corrected chi connectivity index (χ4v) is 1.70. The molecule has 0 amide bonds. The smallest absolute Gasteiger partial charge is 0.360 e. The Morgan fingerprint density at radius 3 is 1.86 bits per heavy atom. The van der Waals surface area contributed by atoms with Gasteiger partial charge < -0.3 is 4.98 Å². The van der Waals surface area contributed by atoms with Gasteiger partial charge in [-0.05, 0) is 17.7 Å². The Morgan fingerprint density at radius 1 is 0.857 bits per heavy atom. The molecule has 0 bridgehead atoms. The van der Waals surface area contributed by atoms with Gasteiger partial charge in [0.05, 0.1) is 5.56 Å². The molecule has 2 nitrogen and oxygen atoms in total. The third-order valence-electron chi connectivity index (χ3n) is 2.74. The van der Waals surface area contributed by atoms with Crippen molar-refractivity contribution in [1.29, 1.82) is 0 Å². The van der Waals surface area contributed by atoms with Crippen LogP contribution >= 0.6 is 0 Å². The monoisotopic (exact) mass is 307 g/mol. The molecule has 0 unspecified atom stereocenters. The van der Waals surface area contributed by atoms with Crippen LogP contribution in [0.2, 0.25) is 0 Å². The van der Waals surface area contributed by atoms with Crippen LogP contribution in [0.3, 0.4) is 0 Å². The van der Waals surface area contributed by atoms with Gasteiger partial charge in [-0.25, -0.2) is 0 Å². The molecule has 0 radical (unpaired) electrons. The molecule has 0 spiro atoms. The fourth-order valence-electron chi connectivity index (χ4n) is 1.70. The molecule has 2 aromatic rings. The van der Waals surface area contributed by atoms with Gasteiger partial charge >= 0.3 is 12.4 Å². The highest BCUT2D eigenvalue weighted by atomic mass is 19.4. The van der Waals surface area contributed by atoms with Gasteiger partial charge in [-0.15, -0.1) is 0 Å². The summed E-state index contributed by atoms with van der Waals surface area (Å²) in [4.78, 5) is 13.6. The maximum absolute atomic E-state index is 12.4. The van der Waals surface area contributed by atoms with Crippen molar-refractivity contribution >= 4 is 0 Å². The van der Waals surface area contributed by atoms with E-state index < -0.39 is 28.9 Å². The first-order chi connectivity index (χ1) is 9.59. The van der Waals surface area contributed by atoms with Crippen molar-refractivity contribution in [2.75, 3.05) is 0 Å². The maximum Gasteiger partial charge on any atom is 0.421 e. The number of benzene rings is 1. The van der Waals surface area contributed by atoms with Crippen molar-refractivity contribution in [2.24, 2.45) is 0 Å². The molecule has 0 fully saturated rings. The molecule has 112 valence electrons. The highest BCUT2D eigenvalue weighted by Gasteiger charge is 2.34. The van der Waals surface area contributed by atoms with E-state index in [1.54, 1.807) is 0 Å². The number of H-pyrrole nitrogens is 1. The molecule has 2 rings (SSSR count). The zero-order valence-corrected chi connectivity index (χ0v) is 10.1. The minimum Gasteiger partial charge on any atom is -0.360 e. The van der Waals surface area contributed by atoms with Crippen molar-refractivity contribution < 1.29 is 26.3 Å². The van der Waals surface area contributed by atoms with E-state index in [9.17, 15) is 31.1 Å². The van der Waals surface area contributed by atoms with Gasteiger partial charge in [-0.3, -0.25) is 4.79 Å². The van der Waals surface area contributed by atoms with Gasteiger partial charge in [0.15, 0.2) is 5.43 Å². The van der Waals surface area contributed by atoms with E-state index in [0.29, 0.717) is 12.3 Å². The Balaban J connectivity index is 2.40. The average molecular weight is 307 g/mol. The number of hydrogen-bond acceptors (Lipinski definition) is 1. The van der Waals surface area contributed by atoms with Crippen molar-refractivity contribution in [3.8, 4) is 11.3 Å². The lowest BCUT2D eigenvalue weighted by Gasteiger charge is -2.09. The highest BCUT2D eigenvalue weighted by Crippen LogP contribution is 2.31. The Bertz CT molecular complexity index is 696. The topological polar surface area (TPSA) is 32.9 Å². The Labute approximate surface area is 114 Å². The van der Waals surface area contributed by atoms with E-state index >= 15 is 0 Å². The molecule has 0 saturated heterocycles. The number of hydrogen-bond donors (Lipinski definition) is 1. The molecule has 0 aliphatic carbocycles. The summed E-state index contributed by atoms with van der Waals surface area (Å²) >= 11 is 0. The van der Waals surface area contributed by atoms with Gasteiger partial charge in [-0.1, -0.05) is 12.1 Å². The van der Waals surface area contributed by atoms with Crippen molar-refractivity contribution in [2.45, 2.75) is 12.4 Å². The number of aromatic amines is 1. The third-order valence-corrected chi connectivity index (χ3v) is 2.74. The summed E-state index contributed by atoms with van der Waals surface area (Å²) < 4.78 is 74.4. The molecule has 21 heavy (non-hydrogen) atoms. The van der Waals surface area contributed by atoms with Crippen LogP contribution in [0.5, 0.6) is 0 Å². The second-order valence-electron chi connectivity index (χ2n) is 4.20. The average Bonchev–Trinajstić information content (AvgIpc) is 2.36. The summed E-state index contributed by atoms with van der Waals surface area (Å²) in [5.74, 6) is 0. The largest absolute Gasteiger partial charge is 0.421 e. The van der Waals surface area contributed by atoms with Gasteiger partial charge in [0.25, 0.3) is 0 Å². The zero-order valence-electron chi connectivity index (χ0n) is 10.1. The third kappa shape index (κ3) is 3.26. The molecule has 0 aliphatic rings. The predicted octanol–water partition coefficient (Wildman–Crippen LogP) is 4.08. The number of nitrogens with one attached hydrogen (secondary N) is 1. The van der Waals surface area contributed by atoms with E-state index in [1.807, 2.05) is 0 Å². The SMILES string of the molecule is O=c1cc(-c2ccc(C(F)(F)F)cc2)[nH]cc1C(F)(F)F. The van der Waals surface area contributed by atoms with E-state index in [4.69, 9.17) is 0 Å². The van der Waals surface area contributed by atoms with Crippen molar-refractivity contribution in [3.63, 3.8) is 0 Å². The maximum atomic E-state index is 12.4. The molecule has 0 saturated carbocycles. The number of alkyl halides is 6. The highest BCUT2D eigenvalue weighted by molar-refractivity contribution is 5.59. The summed E-state index contributed by atoms with van der Waals surface area (Å²) in [5, 5.41) is 0. The van der Waals surface area contributed by atoms with Crippen LogP contribution in [0.4, 0.5) is 26.3 Å². The summed E-state index contributed by atoms with van der Waals surface area (Å²) in [6.45, 7) is 0. The molecule has 1 aromatic carbocycles. The van der Waals surface area contributed by atoms with Crippen molar-refractivity contribution in [3.05, 3.63) is 57.9 Å². The van der Waals surface area contributed by atoms with E-state index in [2.05, 4.69) is 4.98 Å². The van der Waals surface area contributed by atoms with Gasteiger partial charge in [-0.2, -0.15) is 26.3 Å². The number of pyridine rings is 1. The minimum absolute atomic E-state index is 0.00160. The number of halogens is 6. The quantitative estimate of drug-likeness (QED) is 0.791. The molecular weight excluding hydrogens is 300 g/mol. The van der Waals surface area contributed by atoms with E-state index in [-0.39, 0.29) is 11.3 Å². The van der Waals surface area contributed by atoms with Gasteiger partial charge in [0, 0.05) is 18.0 Å². The minimum atomic E-state index is -4.79. The number of rotatable bonds is 1. The zero-order chi connectivity index (χ0) is 15.8.